The number of rotatable bonds is 7. The van der Waals surface area contributed by atoms with Gasteiger partial charge >= 0.3 is 0 Å². The van der Waals surface area contributed by atoms with Crippen molar-refractivity contribution in [1.29, 1.82) is 0 Å². The topological polar surface area (TPSA) is 66.1 Å². The predicted molar refractivity (Wildman–Crippen MR) is 107 cm³/mol. The van der Waals surface area contributed by atoms with Gasteiger partial charge in [-0.15, -0.1) is 11.8 Å². The van der Waals surface area contributed by atoms with Crippen molar-refractivity contribution < 1.29 is 8.42 Å². The number of hydrogen-bond acceptors (Lipinski definition) is 4. The lowest BCUT2D eigenvalue weighted by Gasteiger charge is -2.18. The fourth-order valence-electron chi connectivity index (χ4n) is 2.69. The van der Waals surface area contributed by atoms with Gasteiger partial charge in [-0.2, -0.15) is 4.31 Å². The van der Waals surface area contributed by atoms with Crippen LogP contribution in [-0.4, -0.2) is 35.8 Å². The van der Waals surface area contributed by atoms with Crippen LogP contribution in [0.2, 0.25) is 5.02 Å². The van der Waals surface area contributed by atoms with Gasteiger partial charge in [0.25, 0.3) is 0 Å². The van der Waals surface area contributed by atoms with Crippen LogP contribution in [0, 0.1) is 0 Å². The largest absolute Gasteiger partial charge is 0.341 e. The predicted octanol–water partition coefficient (Wildman–Crippen LogP) is 4.54. The number of sulfonamides is 1. The van der Waals surface area contributed by atoms with Crippen LogP contribution in [0.1, 0.15) is 19.7 Å². The molecule has 0 amide bonds. The van der Waals surface area contributed by atoms with Gasteiger partial charge in [0.2, 0.25) is 10.0 Å². The molecule has 0 saturated carbocycles. The van der Waals surface area contributed by atoms with E-state index in [0.717, 1.165) is 16.2 Å². The number of aromatic nitrogens is 2. The molecule has 3 rings (SSSR count). The first-order valence-electron chi connectivity index (χ1n) is 8.31. The third-order valence-electron chi connectivity index (χ3n) is 4.05. The summed E-state index contributed by atoms with van der Waals surface area (Å²) >= 11 is 7.76. The number of fused-ring (bicyclic) bond motifs is 1. The Morgan fingerprint density at radius 3 is 2.58 bits per heavy atom. The minimum atomic E-state index is -3.48. The van der Waals surface area contributed by atoms with E-state index in [0.29, 0.717) is 29.4 Å². The Hall–Kier alpha value is -1.54. The standard InChI is InChI=1S/C18H20ClN3O2S2/c1-3-22(4-2)26(23,24)13-9-10-15-16(11-13)21-18(20-15)12-25-17-8-6-5-7-14(17)19/h5-11H,3-4,12H2,1-2H3,(H,20,21). The molecule has 138 valence electrons. The van der Waals surface area contributed by atoms with Gasteiger partial charge < -0.3 is 4.98 Å². The second-order valence-electron chi connectivity index (χ2n) is 5.67. The van der Waals surface area contributed by atoms with E-state index in [4.69, 9.17) is 11.6 Å². The summed E-state index contributed by atoms with van der Waals surface area (Å²) in [5.74, 6) is 1.40. The molecular formula is C18H20ClN3O2S2. The first-order valence-corrected chi connectivity index (χ1v) is 11.1. The number of benzene rings is 2. The number of thioether (sulfide) groups is 1. The van der Waals surface area contributed by atoms with Crippen molar-refractivity contribution in [2.45, 2.75) is 29.4 Å². The molecule has 0 bridgehead atoms. The highest BCUT2D eigenvalue weighted by Gasteiger charge is 2.22. The number of imidazole rings is 1. The molecule has 0 aliphatic heterocycles. The Kier molecular flexibility index (Phi) is 5.92. The average molecular weight is 410 g/mol. The lowest BCUT2D eigenvalue weighted by molar-refractivity contribution is 0.445. The Labute approximate surface area is 162 Å². The third kappa shape index (κ3) is 3.91. The zero-order valence-corrected chi connectivity index (χ0v) is 17.0. The zero-order chi connectivity index (χ0) is 18.7. The molecule has 1 aromatic heterocycles. The van der Waals surface area contributed by atoms with Crippen LogP contribution in [0.4, 0.5) is 0 Å². The first kappa shape index (κ1) is 19.2. The van der Waals surface area contributed by atoms with Gasteiger partial charge in [-0.05, 0) is 30.3 Å². The van der Waals surface area contributed by atoms with Crippen molar-refractivity contribution >= 4 is 44.4 Å². The first-order chi connectivity index (χ1) is 12.5. The summed E-state index contributed by atoms with van der Waals surface area (Å²) < 4.78 is 26.8. The van der Waals surface area contributed by atoms with Crippen LogP contribution < -0.4 is 0 Å². The van der Waals surface area contributed by atoms with Gasteiger partial charge in [-0.3, -0.25) is 0 Å². The molecule has 0 unspecified atom stereocenters. The van der Waals surface area contributed by atoms with Gasteiger partial charge in [0.05, 0.1) is 26.7 Å². The molecule has 8 heteroatoms. The summed E-state index contributed by atoms with van der Waals surface area (Å²) in [5.41, 5.74) is 1.46. The summed E-state index contributed by atoms with van der Waals surface area (Å²) in [4.78, 5) is 9.02. The zero-order valence-electron chi connectivity index (χ0n) is 14.6. The normalized spacial score (nSPS) is 12.2. The van der Waals surface area contributed by atoms with Crippen LogP contribution in [0.25, 0.3) is 11.0 Å². The van der Waals surface area contributed by atoms with Gasteiger partial charge in [0, 0.05) is 18.0 Å². The van der Waals surface area contributed by atoms with Crippen LogP contribution in [0.5, 0.6) is 0 Å². The van der Waals surface area contributed by atoms with E-state index in [-0.39, 0.29) is 4.90 Å². The Morgan fingerprint density at radius 1 is 1.15 bits per heavy atom. The van der Waals surface area contributed by atoms with E-state index in [9.17, 15) is 8.42 Å². The van der Waals surface area contributed by atoms with Gasteiger partial charge in [-0.1, -0.05) is 37.6 Å². The number of H-pyrrole nitrogens is 1. The van der Waals surface area contributed by atoms with E-state index in [1.807, 2.05) is 38.1 Å². The van der Waals surface area contributed by atoms with E-state index in [2.05, 4.69) is 9.97 Å². The van der Waals surface area contributed by atoms with E-state index >= 15 is 0 Å². The second kappa shape index (κ2) is 8.00. The van der Waals surface area contributed by atoms with Gasteiger partial charge in [0.15, 0.2) is 0 Å². The fraction of sp³-hybridized carbons (Fsp3) is 0.278. The number of halogens is 1. The van der Waals surface area contributed by atoms with Crippen molar-refractivity contribution in [1.82, 2.24) is 14.3 Å². The second-order valence-corrected chi connectivity index (χ2v) is 9.03. The molecule has 5 nitrogen and oxygen atoms in total. The summed E-state index contributed by atoms with van der Waals surface area (Å²) in [6.45, 7) is 4.55. The highest BCUT2D eigenvalue weighted by molar-refractivity contribution is 7.98. The van der Waals surface area contributed by atoms with Crippen molar-refractivity contribution in [3.63, 3.8) is 0 Å². The highest BCUT2D eigenvalue weighted by atomic mass is 35.5. The molecule has 3 aromatic rings. The Bertz CT molecular complexity index is 1010. The molecule has 2 aromatic carbocycles. The molecule has 0 radical (unpaired) electrons. The molecule has 26 heavy (non-hydrogen) atoms. The summed E-state index contributed by atoms with van der Waals surface area (Å²) in [5, 5.41) is 0.709. The van der Waals surface area contributed by atoms with Crippen molar-refractivity contribution in [3.8, 4) is 0 Å². The number of nitrogens with one attached hydrogen (secondary N) is 1. The fourth-order valence-corrected chi connectivity index (χ4v) is 5.28. The van der Waals surface area contributed by atoms with Crippen LogP contribution >= 0.6 is 23.4 Å². The molecule has 0 saturated heterocycles. The number of hydrogen-bond donors (Lipinski definition) is 1. The highest BCUT2D eigenvalue weighted by Crippen LogP contribution is 2.29. The van der Waals surface area contributed by atoms with Crippen LogP contribution in [0.15, 0.2) is 52.3 Å². The number of nitrogens with zero attached hydrogens (tertiary/aromatic N) is 2. The van der Waals surface area contributed by atoms with E-state index in [1.165, 1.54) is 4.31 Å². The molecule has 0 fully saturated rings. The summed E-state index contributed by atoms with van der Waals surface area (Å²) in [6, 6.07) is 12.7. The Morgan fingerprint density at radius 2 is 1.88 bits per heavy atom. The third-order valence-corrected chi connectivity index (χ3v) is 7.62. The molecule has 0 aliphatic carbocycles. The van der Waals surface area contributed by atoms with Crippen molar-refractivity contribution in [2.24, 2.45) is 0 Å². The van der Waals surface area contributed by atoms with E-state index in [1.54, 1.807) is 30.0 Å². The van der Waals surface area contributed by atoms with Gasteiger partial charge in [-0.25, -0.2) is 13.4 Å². The minimum absolute atomic E-state index is 0.280. The molecular weight excluding hydrogens is 390 g/mol. The van der Waals surface area contributed by atoms with Gasteiger partial charge in [0.1, 0.15) is 5.82 Å². The summed E-state index contributed by atoms with van der Waals surface area (Å²) in [6.07, 6.45) is 0. The molecule has 0 atom stereocenters. The SMILES string of the molecule is CCN(CC)S(=O)(=O)c1ccc2nc(CSc3ccccc3Cl)[nH]c2c1. The lowest BCUT2D eigenvalue weighted by Crippen LogP contribution is -2.30. The number of aromatic amines is 1. The summed E-state index contributed by atoms with van der Waals surface area (Å²) in [7, 11) is -3.48. The maximum atomic E-state index is 12.7. The molecule has 0 spiro atoms. The minimum Gasteiger partial charge on any atom is -0.341 e. The quantitative estimate of drug-likeness (QED) is 0.582. The molecule has 1 N–H and O–H groups in total. The maximum Gasteiger partial charge on any atom is 0.243 e. The smallest absolute Gasteiger partial charge is 0.243 e. The average Bonchev–Trinajstić information content (AvgIpc) is 3.04. The Balaban J connectivity index is 1.85. The molecule has 1 heterocycles. The van der Waals surface area contributed by atoms with Crippen LogP contribution in [0.3, 0.4) is 0 Å². The van der Waals surface area contributed by atoms with Crippen molar-refractivity contribution in [2.75, 3.05) is 13.1 Å². The molecule has 0 aliphatic rings. The monoisotopic (exact) mass is 409 g/mol. The van der Waals surface area contributed by atoms with Crippen molar-refractivity contribution in [3.05, 3.63) is 53.3 Å². The maximum absolute atomic E-state index is 12.7. The van der Waals surface area contributed by atoms with E-state index < -0.39 is 10.0 Å². The van der Waals surface area contributed by atoms with Crippen LogP contribution in [-0.2, 0) is 15.8 Å². The lowest BCUT2D eigenvalue weighted by atomic mass is 10.3.